The summed E-state index contributed by atoms with van der Waals surface area (Å²) in [6.07, 6.45) is 0. The molecule has 0 radical (unpaired) electrons. The first-order valence-corrected chi connectivity index (χ1v) is 4.93. The van der Waals surface area contributed by atoms with E-state index in [0.29, 0.717) is 11.3 Å². The van der Waals surface area contributed by atoms with Crippen molar-refractivity contribution >= 4 is 5.97 Å². The number of nitriles is 1. The van der Waals surface area contributed by atoms with E-state index in [-0.39, 0.29) is 12.5 Å². The molecule has 0 fully saturated rings. The molecule has 16 heavy (non-hydrogen) atoms. The Bertz CT molecular complexity index is 432. The number of hydrogen-bond acceptors (Lipinski definition) is 3. The van der Waals surface area contributed by atoms with Gasteiger partial charge in [0.2, 0.25) is 0 Å². The van der Waals surface area contributed by atoms with Crippen LogP contribution in [-0.4, -0.2) is 17.7 Å². The van der Waals surface area contributed by atoms with Gasteiger partial charge in [0.25, 0.3) is 0 Å². The van der Waals surface area contributed by atoms with Crippen molar-refractivity contribution in [3.05, 3.63) is 29.3 Å². The Morgan fingerprint density at radius 2 is 2.25 bits per heavy atom. The number of aliphatic carboxylic acids is 1. The van der Waals surface area contributed by atoms with Gasteiger partial charge in [0.05, 0.1) is 11.6 Å². The van der Waals surface area contributed by atoms with E-state index in [2.05, 4.69) is 0 Å². The van der Waals surface area contributed by atoms with Gasteiger partial charge in [0.1, 0.15) is 5.75 Å². The Morgan fingerprint density at radius 1 is 1.56 bits per heavy atom. The minimum atomic E-state index is -1.01. The second kappa shape index (κ2) is 5.17. The third-order valence-corrected chi connectivity index (χ3v) is 2.11. The molecule has 0 saturated heterocycles. The molecule has 0 aliphatic heterocycles. The molecule has 1 N–H and O–H groups in total. The van der Waals surface area contributed by atoms with E-state index >= 15 is 0 Å². The summed E-state index contributed by atoms with van der Waals surface area (Å²) in [4.78, 5) is 10.4. The summed E-state index contributed by atoms with van der Waals surface area (Å²) in [6, 6.07) is 7.02. The molecule has 0 amide bonds. The van der Waals surface area contributed by atoms with Gasteiger partial charge in [-0.05, 0) is 29.7 Å². The van der Waals surface area contributed by atoms with Crippen LogP contribution >= 0.6 is 0 Å². The number of carbonyl (C=O) groups is 1. The number of carboxylic acids is 1. The summed E-state index contributed by atoms with van der Waals surface area (Å²) in [5.74, 6) is -0.312. The molecule has 4 nitrogen and oxygen atoms in total. The van der Waals surface area contributed by atoms with Crippen LogP contribution in [0.3, 0.4) is 0 Å². The van der Waals surface area contributed by atoms with E-state index in [1.54, 1.807) is 18.2 Å². The van der Waals surface area contributed by atoms with Crippen LogP contribution in [0.2, 0.25) is 0 Å². The Labute approximate surface area is 94.1 Å². The molecule has 0 spiro atoms. The van der Waals surface area contributed by atoms with Crippen LogP contribution in [0.25, 0.3) is 0 Å². The number of ether oxygens (including phenoxy) is 1. The maximum absolute atomic E-state index is 10.4. The van der Waals surface area contributed by atoms with Crippen LogP contribution in [0, 0.1) is 11.3 Å². The summed E-state index contributed by atoms with van der Waals surface area (Å²) < 4.78 is 5.15. The summed E-state index contributed by atoms with van der Waals surface area (Å²) in [7, 11) is 0. The van der Waals surface area contributed by atoms with Crippen LogP contribution in [-0.2, 0) is 4.79 Å². The highest BCUT2D eigenvalue weighted by Crippen LogP contribution is 2.27. The molecule has 0 saturated carbocycles. The number of rotatable bonds is 4. The third kappa shape index (κ3) is 2.99. The van der Waals surface area contributed by atoms with Crippen LogP contribution in [0.4, 0.5) is 0 Å². The highest BCUT2D eigenvalue weighted by atomic mass is 16.5. The van der Waals surface area contributed by atoms with Crippen LogP contribution in [0.15, 0.2) is 18.2 Å². The first kappa shape index (κ1) is 12.1. The average Bonchev–Trinajstić information content (AvgIpc) is 2.25. The average molecular weight is 219 g/mol. The van der Waals surface area contributed by atoms with E-state index in [9.17, 15) is 4.79 Å². The van der Waals surface area contributed by atoms with Crippen molar-refractivity contribution in [2.75, 3.05) is 6.61 Å². The van der Waals surface area contributed by atoms with Crippen LogP contribution in [0.5, 0.6) is 5.75 Å². The van der Waals surface area contributed by atoms with Gasteiger partial charge in [-0.2, -0.15) is 5.26 Å². The lowest BCUT2D eigenvalue weighted by atomic mass is 10.00. The molecule has 0 atom stereocenters. The molecule has 0 heterocycles. The van der Waals surface area contributed by atoms with Gasteiger partial charge in [-0.15, -0.1) is 0 Å². The fraction of sp³-hybridized carbons (Fsp3) is 0.333. The monoisotopic (exact) mass is 219 g/mol. The van der Waals surface area contributed by atoms with Crippen molar-refractivity contribution < 1.29 is 14.6 Å². The van der Waals surface area contributed by atoms with Gasteiger partial charge in [0, 0.05) is 0 Å². The van der Waals surface area contributed by atoms with Gasteiger partial charge < -0.3 is 9.84 Å². The van der Waals surface area contributed by atoms with Crippen molar-refractivity contribution in [2.45, 2.75) is 19.8 Å². The molecule has 0 bridgehead atoms. The molecule has 1 aromatic rings. The second-order valence-corrected chi connectivity index (χ2v) is 3.70. The van der Waals surface area contributed by atoms with E-state index < -0.39 is 5.97 Å². The molecule has 4 heteroatoms. The molecule has 0 aliphatic carbocycles. The summed E-state index contributed by atoms with van der Waals surface area (Å²) in [6.45, 7) is 3.56. The number of hydrogen-bond donors (Lipinski definition) is 1. The highest BCUT2D eigenvalue weighted by molar-refractivity contribution is 5.68. The molecular formula is C12H13NO3. The Hall–Kier alpha value is -2.02. The lowest BCUT2D eigenvalue weighted by molar-refractivity contribution is -0.139. The summed E-state index contributed by atoms with van der Waals surface area (Å²) in [5, 5.41) is 17.3. The molecular weight excluding hydrogens is 206 g/mol. The minimum Gasteiger partial charge on any atom is -0.482 e. The van der Waals surface area contributed by atoms with Gasteiger partial charge in [-0.25, -0.2) is 4.79 Å². The van der Waals surface area contributed by atoms with E-state index in [0.717, 1.165) is 5.56 Å². The van der Waals surface area contributed by atoms with E-state index in [4.69, 9.17) is 15.1 Å². The van der Waals surface area contributed by atoms with Crippen molar-refractivity contribution in [1.29, 1.82) is 5.26 Å². The first-order valence-electron chi connectivity index (χ1n) is 4.93. The lowest BCUT2D eigenvalue weighted by Gasteiger charge is -2.12. The predicted molar refractivity (Wildman–Crippen MR) is 58.4 cm³/mol. The maximum Gasteiger partial charge on any atom is 0.341 e. The Balaban J connectivity index is 2.99. The summed E-state index contributed by atoms with van der Waals surface area (Å²) >= 11 is 0. The topological polar surface area (TPSA) is 70.3 Å². The first-order chi connectivity index (χ1) is 7.54. The summed E-state index contributed by atoms with van der Waals surface area (Å²) in [5.41, 5.74) is 1.40. The highest BCUT2D eigenvalue weighted by Gasteiger charge is 2.10. The number of benzene rings is 1. The second-order valence-electron chi connectivity index (χ2n) is 3.70. The van der Waals surface area contributed by atoms with Gasteiger partial charge in [0.15, 0.2) is 6.61 Å². The standard InChI is InChI=1S/C12H13NO3/c1-8(2)10-5-9(6-13)3-4-11(10)16-7-12(14)15/h3-5,8H,7H2,1-2H3,(H,14,15). The zero-order chi connectivity index (χ0) is 12.1. The zero-order valence-electron chi connectivity index (χ0n) is 9.23. The lowest BCUT2D eigenvalue weighted by Crippen LogP contribution is -2.11. The largest absolute Gasteiger partial charge is 0.482 e. The molecule has 0 unspecified atom stereocenters. The van der Waals surface area contributed by atoms with Crippen molar-refractivity contribution in [2.24, 2.45) is 0 Å². The SMILES string of the molecule is CC(C)c1cc(C#N)ccc1OCC(=O)O. The molecule has 84 valence electrons. The normalized spacial score (nSPS) is 9.88. The smallest absolute Gasteiger partial charge is 0.341 e. The van der Waals surface area contributed by atoms with Gasteiger partial charge >= 0.3 is 5.97 Å². The fourth-order valence-electron chi connectivity index (χ4n) is 1.34. The molecule has 0 aliphatic rings. The van der Waals surface area contributed by atoms with Crippen molar-refractivity contribution in [3.8, 4) is 11.8 Å². The minimum absolute atomic E-state index is 0.178. The Morgan fingerprint density at radius 3 is 2.75 bits per heavy atom. The van der Waals surface area contributed by atoms with Crippen LogP contribution < -0.4 is 4.74 Å². The zero-order valence-corrected chi connectivity index (χ0v) is 9.23. The third-order valence-electron chi connectivity index (χ3n) is 2.11. The fourth-order valence-corrected chi connectivity index (χ4v) is 1.34. The van der Waals surface area contributed by atoms with Crippen molar-refractivity contribution in [1.82, 2.24) is 0 Å². The van der Waals surface area contributed by atoms with Crippen molar-refractivity contribution in [3.63, 3.8) is 0 Å². The van der Waals surface area contributed by atoms with Gasteiger partial charge in [-0.3, -0.25) is 0 Å². The predicted octanol–water partition coefficient (Wildman–Crippen LogP) is 2.15. The van der Waals surface area contributed by atoms with Crippen LogP contribution in [0.1, 0.15) is 30.9 Å². The van der Waals surface area contributed by atoms with E-state index in [1.165, 1.54) is 0 Å². The quantitative estimate of drug-likeness (QED) is 0.842. The molecule has 1 rings (SSSR count). The number of nitrogens with zero attached hydrogens (tertiary/aromatic N) is 1. The molecule has 0 aromatic heterocycles. The Kier molecular flexibility index (Phi) is 3.90. The van der Waals surface area contributed by atoms with Gasteiger partial charge in [-0.1, -0.05) is 13.8 Å². The number of carboxylic acid groups (broad SMARTS) is 1. The molecule has 1 aromatic carbocycles. The van der Waals surface area contributed by atoms with E-state index in [1.807, 2.05) is 19.9 Å². The maximum atomic E-state index is 10.4.